The molecule has 0 spiro atoms. The molecule has 0 aliphatic carbocycles. The molecule has 0 saturated carbocycles. The van der Waals surface area contributed by atoms with E-state index in [1.165, 1.54) is 36.0 Å². The smallest absolute Gasteiger partial charge is 0.234 e. The highest BCUT2D eigenvalue weighted by Crippen LogP contribution is 2.25. The van der Waals surface area contributed by atoms with Crippen molar-refractivity contribution in [2.45, 2.75) is 11.9 Å². The number of hydrogen-bond donors (Lipinski definition) is 1. The van der Waals surface area contributed by atoms with Gasteiger partial charge in [-0.25, -0.2) is 9.37 Å². The summed E-state index contributed by atoms with van der Waals surface area (Å²) in [5, 5.41) is 13.4. The van der Waals surface area contributed by atoms with E-state index >= 15 is 0 Å². The second-order valence-corrected chi connectivity index (χ2v) is 6.46. The molecule has 2 aromatic carbocycles. The topological polar surface area (TPSA) is 65.8 Å². The minimum atomic E-state index is -0.360. The molecule has 1 aromatic heterocycles. The van der Waals surface area contributed by atoms with Gasteiger partial charge in [0.1, 0.15) is 16.9 Å². The van der Waals surface area contributed by atoms with E-state index in [1.807, 2.05) is 25.1 Å². The van der Waals surface area contributed by atoms with Crippen molar-refractivity contribution < 1.29 is 9.18 Å². The van der Waals surface area contributed by atoms with Gasteiger partial charge in [0.05, 0.1) is 16.8 Å². The number of aromatic nitrogens is 1. The summed E-state index contributed by atoms with van der Waals surface area (Å²) in [5.41, 5.74) is 2.83. The lowest BCUT2D eigenvalue weighted by Crippen LogP contribution is -2.14. The predicted octanol–water partition coefficient (Wildman–Crippen LogP) is 4.28. The summed E-state index contributed by atoms with van der Waals surface area (Å²) in [5.74, 6) is -0.496. The van der Waals surface area contributed by atoms with Crippen LogP contribution < -0.4 is 5.32 Å². The van der Waals surface area contributed by atoms with Gasteiger partial charge in [-0.3, -0.25) is 4.79 Å². The van der Waals surface area contributed by atoms with Crippen molar-refractivity contribution >= 4 is 34.3 Å². The molecule has 0 aliphatic rings. The summed E-state index contributed by atoms with van der Waals surface area (Å²) < 4.78 is 12.9. The van der Waals surface area contributed by atoms with Gasteiger partial charge >= 0.3 is 0 Å². The molecule has 4 nitrogen and oxygen atoms in total. The Morgan fingerprint density at radius 1 is 1.24 bits per heavy atom. The number of nitrogens with zero attached hydrogens (tertiary/aromatic N) is 2. The van der Waals surface area contributed by atoms with Gasteiger partial charge in [-0.2, -0.15) is 5.26 Å². The number of benzene rings is 2. The van der Waals surface area contributed by atoms with Gasteiger partial charge in [0, 0.05) is 11.1 Å². The Kier molecular flexibility index (Phi) is 4.96. The maximum atomic E-state index is 12.9. The van der Waals surface area contributed by atoms with Crippen molar-refractivity contribution in [1.82, 2.24) is 4.98 Å². The number of hydrogen-bond acceptors (Lipinski definition) is 4. The van der Waals surface area contributed by atoms with Crippen LogP contribution in [0, 0.1) is 24.1 Å². The molecule has 124 valence electrons. The number of pyridine rings is 1. The van der Waals surface area contributed by atoms with E-state index in [1.54, 1.807) is 6.07 Å². The summed E-state index contributed by atoms with van der Waals surface area (Å²) in [6.45, 7) is 1.97. The highest BCUT2D eigenvalue weighted by Gasteiger charge is 2.11. The quantitative estimate of drug-likeness (QED) is 0.712. The lowest BCUT2D eigenvalue weighted by Gasteiger charge is -2.07. The van der Waals surface area contributed by atoms with Crippen molar-refractivity contribution in [2.75, 3.05) is 11.1 Å². The SMILES string of the molecule is Cc1ccc2cc(C#N)c(SCC(=O)Nc3ccc(F)cc3)nc2c1. The van der Waals surface area contributed by atoms with Crippen LogP contribution in [0.15, 0.2) is 53.6 Å². The van der Waals surface area contributed by atoms with Crippen LogP contribution in [0.2, 0.25) is 0 Å². The summed E-state index contributed by atoms with van der Waals surface area (Å²) in [6, 6.07) is 15.3. The first-order valence-corrected chi connectivity index (χ1v) is 8.53. The zero-order chi connectivity index (χ0) is 17.8. The molecular formula is C19H14FN3OS. The summed E-state index contributed by atoms with van der Waals surface area (Å²) in [6.07, 6.45) is 0. The highest BCUT2D eigenvalue weighted by atomic mass is 32.2. The van der Waals surface area contributed by atoms with Gasteiger partial charge in [0.25, 0.3) is 0 Å². The Morgan fingerprint density at radius 2 is 2.00 bits per heavy atom. The van der Waals surface area contributed by atoms with Crippen LogP contribution in [0.1, 0.15) is 11.1 Å². The maximum absolute atomic E-state index is 12.9. The van der Waals surface area contributed by atoms with E-state index in [-0.39, 0.29) is 17.5 Å². The molecule has 1 N–H and O–H groups in total. The van der Waals surface area contributed by atoms with E-state index in [9.17, 15) is 14.4 Å². The molecule has 0 saturated heterocycles. The number of fused-ring (bicyclic) bond motifs is 1. The third kappa shape index (κ3) is 4.14. The fourth-order valence-corrected chi connectivity index (χ4v) is 3.08. The van der Waals surface area contributed by atoms with Gasteiger partial charge in [-0.1, -0.05) is 23.9 Å². The second kappa shape index (κ2) is 7.32. The Labute approximate surface area is 148 Å². The number of aryl methyl sites for hydroxylation is 1. The number of carbonyl (C=O) groups is 1. The summed E-state index contributed by atoms with van der Waals surface area (Å²) >= 11 is 1.20. The molecule has 3 rings (SSSR count). The van der Waals surface area contributed by atoms with Gasteiger partial charge in [0.15, 0.2) is 0 Å². The molecule has 0 fully saturated rings. The van der Waals surface area contributed by atoms with Crippen LogP contribution in [0.25, 0.3) is 10.9 Å². The first-order valence-electron chi connectivity index (χ1n) is 7.55. The third-order valence-corrected chi connectivity index (χ3v) is 4.52. The maximum Gasteiger partial charge on any atom is 0.234 e. The zero-order valence-electron chi connectivity index (χ0n) is 13.4. The van der Waals surface area contributed by atoms with E-state index in [0.717, 1.165) is 16.5 Å². The van der Waals surface area contributed by atoms with Crippen molar-refractivity contribution in [2.24, 2.45) is 0 Å². The predicted molar refractivity (Wildman–Crippen MR) is 96.9 cm³/mol. The molecule has 0 atom stereocenters. The van der Waals surface area contributed by atoms with Crippen molar-refractivity contribution in [3.05, 3.63) is 65.5 Å². The molecule has 0 bridgehead atoms. The van der Waals surface area contributed by atoms with Gasteiger partial charge in [-0.05, 0) is 48.9 Å². The molecule has 3 aromatic rings. The number of carbonyl (C=O) groups excluding carboxylic acids is 1. The fourth-order valence-electron chi connectivity index (χ4n) is 2.31. The van der Waals surface area contributed by atoms with Crippen LogP contribution in [0.4, 0.5) is 10.1 Å². The number of halogens is 1. The lowest BCUT2D eigenvalue weighted by atomic mass is 10.1. The molecular weight excluding hydrogens is 337 g/mol. The average Bonchev–Trinajstić information content (AvgIpc) is 2.61. The first-order chi connectivity index (χ1) is 12.0. The van der Waals surface area contributed by atoms with E-state index in [2.05, 4.69) is 16.4 Å². The van der Waals surface area contributed by atoms with E-state index in [4.69, 9.17) is 0 Å². The number of anilines is 1. The molecule has 0 unspecified atom stereocenters. The summed E-state index contributed by atoms with van der Waals surface area (Å²) in [7, 11) is 0. The standard InChI is InChI=1S/C19H14FN3OS/c1-12-2-3-13-9-14(10-21)19(23-17(13)8-12)25-11-18(24)22-16-6-4-15(20)5-7-16/h2-9H,11H2,1H3,(H,22,24). The Bertz CT molecular complexity index is 980. The number of thioether (sulfide) groups is 1. The Hall–Kier alpha value is -2.91. The largest absolute Gasteiger partial charge is 0.325 e. The van der Waals surface area contributed by atoms with Crippen molar-refractivity contribution in [3.8, 4) is 6.07 Å². The summed E-state index contributed by atoms with van der Waals surface area (Å²) in [4.78, 5) is 16.6. The monoisotopic (exact) mass is 351 g/mol. The number of rotatable bonds is 4. The van der Waals surface area contributed by atoms with Gasteiger partial charge in [0.2, 0.25) is 5.91 Å². The van der Waals surface area contributed by atoms with Crippen LogP contribution in [0.3, 0.4) is 0 Å². The number of amides is 1. The van der Waals surface area contributed by atoms with Crippen molar-refractivity contribution in [1.29, 1.82) is 5.26 Å². The van der Waals surface area contributed by atoms with Crippen LogP contribution >= 0.6 is 11.8 Å². The normalized spacial score (nSPS) is 10.4. The zero-order valence-corrected chi connectivity index (χ0v) is 14.2. The third-order valence-electron chi connectivity index (χ3n) is 3.53. The first kappa shape index (κ1) is 16.9. The molecule has 1 amide bonds. The average molecular weight is 351 g/mol. The molecule has 0 aliphatic heterocycles. The lowest BCUT2D eigenvalue weighted by molar-refractivity contribution is -0.113. The van der Waals surface area contributed by atoms with E-state index < -0.39 is 0 Å². The van der Waals surface area contributed by atoms with Crippen LogP contribution in [-0.2, 0) is 4.79 Å². The number of nitriles is 1. The minimum absolute atomic E-state index is 0.108. The van der Waals surface area contributed by atoms with Gasteiger partial charge in [-0.15, -0.1) is 0 Å². The molecule has 0 radical (unpaired) electrons. The van der Waals surface area contributed by atoms with Crippen LogP contribution in [-0.4, -0.2) is 16.6 Å². The molecule has 6 heteroatoms. The molecule has 25 heavy (non-hydrogen) atoms. The minimum Gasteiger partial charge on any atom is -0.325 e. The van der Waals surface area contributed by atoms with Gasteiger partial charge < -0.3 is 5.32 Å². The second-order valence-electron chi connectivity index (χ2n) is 5.49. The molecule has 1 heterocycles. The van der Waals surface area contributed by atoms with Crippen molar-refractivity contribution in [3.63, 3.8) is 0 Å². The Balaban J connectivity index is 1.74. The Morgan fingerprint density at radius 3 is 2.72 bits per heavy atom. The van der Waals surface area contributed by atoms with E-state index in [0.29, 0.717) is 16.3 Å². The van der Waals surface area contributed by atoms with Crippen LogP contribution in [0.5, 0.6) is 0 Å². The number of nitrogens with one attached hydrogen (secondary N) is 1. The fraction of sp³-hybridized carbons (Fsp3) is 0.105. The highest BCUT2D eigenvalue weighted by molar-refractivity contribution is 8.00.